The highest BCUT2D eigenvalue weighted by molar-refractivity contribution is 6.31. The summed E-state index contributed by atoms with van der Waals surface area (Å²) in [6.45, 7) is 6.17. The van der Waals surface area contributed by atoms with Crippen molar-refractivity contribution in [3.8, 4) is 0 Å². The van der Waals surface area contributed by atoms with Crippen LogP contribution < -0.4 is 0 Å². The van der Waals surface area contributed by atoms with Crippen molar-refractivity contribution >= 4 is 17.5 Å². The lowest BCUT2D eigenvalue weighted by Crippen LogP contribution is -2.48. The van der Waals surface area contributed by atoms with Crippen molar-refractivity contribution in [1.29, 1.82) is 0 Å². The second kappa shape index (κ2) is 6.35. The first kappa shape index (κ1) is 14.3. The maximum absolute atomic E-state index is 13.7. The van der Waals surface area contributed by atoms with Crippen molar-refractivity contribution in [3.05, 3.63) is 34.6 Å². The van der Waals surface area contributed by atoms with Gasteiger partial charge in [0.2, 0.25) is 0 Å². The Kier molecular flexibility index (Phi) is 4.77. The summed E-state index contributed by atoms with van der Waals surface area (Å²) in [4.78, 5) is 16.3. The Balaban J connectivity index is 2.03. The van der Waals surface area contributed by atoms with Crippen molar-refractivity contribution in [2.75, 3.05) is 32.7 Å². The van der Waals surface area contributed by atoms with E-state index in [2.05, 4.69) is 11.8 Å². The predicted molar refractivity (Wildman–Crippen MR) is 74.0 cm³/mol. The number of benzene rings is 1. The summed E-state index contributed by atoms with van der Waals surface area (Å²) in [7, 11) is 0. The minimum atomic E-state index is -0.509. The van der Waals surface area contributed by atoms with E-state index in [1.54, 1.807) is 4.90 Å². The van der Waals surface area contributed by atoms with E-state index < -0.39 is 5.82 Å². The molecule has 1 aliphatic rings. The Morgan fingerprint density at radius 1 is 1.32 bits per heavy atom. The molecule has 0 saturated carbocycles. The smallest absolute Gasteiger partial charge is 0.256 e. The second-order valence-electron chi connectivity index (χ2n) is 4.76. The van der Waals surface area contributed by atoms with E-state index in [1.807, 2.05) is 0 Å². The predicted octanol–water partition coefficient (Wildman–Crippen LogP) is 2.65. The van der Waals surface area contributed by atoms with Crippen LogP contribution in [0.4, 0.5) is 4.39 Å². The Labute approximate surface area is 117 Å². The Morgan fingerprint density at radius 3 is 2.63 bits per heavy atom. The van der Waals surface area contributed by atoms with E-state index in [0.717, 1.165) is 26.1 Å². The lowest BCUT2D eigenvalue weighted by atomic mass is 10.1. The van der Waals surface area contributed by atoms with Crippen molar-refractivity contribution in [2.45, 2.75) is 13.3 Å². The summed E-state index contributed by atoms with van der Waals surface area (Å²) in [6, 6.07) is 4.09. The highest BCUT2D eigenvalue weighted by atomic mass is 35.5. The molecule has 0 radical (unpaired) electrons. The van der Waals surface area contributed by atoms with Crippen LogP contribution in [-0.2, 0) is 0 Å². The minimum Gasteiger partial charge on any atom is -0.336 e. The number of piperazine rings is 1. The molecule has 3 nitrogen and oxygen atoms in total. The van der Waals surface area contributed by atoms with Crippen LogP contribution in [0, 0.1) is 5.82 Å². The third-order valence-electron chi connectivity index (χ3n) is 3.36. The van der Waals surface area contributed by atoms with E-state index in [0.29, 0.717) is 18.1 Å². The molecule has 0 bridgehead atoms. The number of carbonyl (C=O) groups is 1. The minimum absolute atomic E-state index is 0.0661. The molecule has 2 rings (SSSR count). The van der Waals surface area contributed by atoms with Gasteiger partial charge in [-0.25, -0.2) is 4.39 Å². The van der Waals surface area contributed by atoms with Crippen LogP contribution >= 0.6 is 11.6 Å². The second-order valence-corrected chi connectivity index (χ2v) is 5.19. The first-order valence-electron chi connectivity index (χ1n) is 6.58. The summed E-state index contributed by atoms with van der Waals surface area (Å²) < 4.78 is 13.7. The highest BCUT2D eigenvalue weighted by Crippen LogP contribution is 2.17. The van der Waals surface area contributed by atoms with Crippen LogP contribution in [-0.4, -0.2) is 48.4 Å². The van der Waals surface area contributed by atoms with Gasteiger partial charge in [0.05, 0.1) is 5.56 Å². The average molecular weight is 285 g/mol. The molecule has 1 saturated heterocycles. The normalized spacial score (nSPS) is 16.7. The number of amides is 1. The molecular weight excluding hydrogens is 267 g/mol. The quantitative estimate of drug-likeness (QED) is 0.852. The summed E-state index contributed by atoms with van der Waals surface area (Å²) in [5, 5.41) is 0.384. The van der Waals surface area contributed by atoms with Gasteiger partial charge in [0.1, 0.15) is 5.82 Å². The third-order valence-corrected chi connectivity index (χ3v) is 3.59. The van der Waals surface area contributed by atoms with Crippen LogP contribution in [0.5, 0.6) is 0 Å². The van der Waals surface area contributed by atoms with E-state index in [1.165, 1.54) is 18.2 Å². The topological polar surface area (TPSA) is 23.6 Å². The van der Waals surface area contributed by atoms with Gasteiger partial charge < -0.3 is 4.90 Å². The van der Waals surface area contributed by atoms with Gasteiger partial charge in [0.15, 0.2) is 0 Å². The molecule has 104 valence electrons. The van der Waals surface area contributed by atoms with Gasteiger partial charge in [-0.15, -0.1) is 0 Å². The molecule has 19 heavy (non-hydrogen) atoms. The molecule has 1 aromatic carbocycles. The van der Waals surface area contributed by atoms with Crippen molar-refractivity contribution in [1.82, 2.24) is 9.80 Å². The van der Waals surface area contributed by atoms with E-state index in [9.17, 15) is 9.18 Å². The van der Waals surface area contributed by atoms with Crippen LogP contribution in [0.3, 0.4) is 0 Å². The lowest BCUT2D eigenvalue weighted by molar-refractivity contribution is 0.0633. The average Bonchev–Trinajstić information content (AvgIpc) is 2.42. The molecule has 0 aromatic heterocycles. The van der Waals surface area contributed by atoms with Crippen molar-refractivity contribution in [2.24, 2.45) is 0 Å². The largest absolute Gasteiger partial charge is 0.336 e. The molecule has 5 heteroatoms. The zero-order chi connectivity index (χ0) is 13.8. The molecule has 1 heterocycles. The standard InChI is InChI=1S/C14H18ClFN2O/c1-2-5-17-6-8-18(9-7-17)14(19)12-10-11(15)3-4-13(12)16/h3-4,10H,2,5-9H2,1H3. The molecule has 0 unspecified atom stereocenters. The zero-order valence-electron chi connectivity index (χ0n) is 11.0. The number of nitrogens with zero attached hydrogens (tertiary/aromatic N) is 2. The van der Waals surface area contributed by atoms with Crippen LogP contribution in [0.15, 0.2) is 18.2 Å². The number of hydrogen-bond acceptors (Lipinski definition) is 2. The van der Waals surface area contributed by atoms with Crippen LogP contribution in [0.25, 0.3) is 0 Å². The van der Waals surface area contributed by atoms with Gasteiger partial charge in [-0.1, -0.05) is 18.5 Å². The zero-order valence-corrected chi connectivity index (χ0v) is 11.8. The Bertz CT molecular complexity index is 459. The van der Waals surface area contributed by atoms with Crippen molar-refractivity contribution in [3.63, 3.8) is 0 Å². The third kappa shape index (κ3) is 3.45. The fourth-order valence-electron chi connectivity index (χ4n) is 2.32. The molecular formula is C14H18ClFN2O. The van der Waals surface area contributed by atoms with Gasteiger partial charge in [0.25, 0.3) is 5.91 Å². The van der Waals surface area contributed by atoms with Gasteiger partial charge in [0, 0.05) is 31.2 Å². The monoisotopic (exact) mass is 284 g/mol. The summed E-state index contributed by atoms with van der Waals surface area (Å²) in [6.07, 6.45) is 1.11. The summed E-state index contributed by atoms with van der Waals surface area (Å²) >= 11 is 5.82. The van der Waals surface area contributed by atoms with E-state index in [-0.39, 0.29) is 11.5 Å². The number of carbonyl (C=O) groups excluding carboxylic acids is 1. The maximum atomic E-state index is 13.7. The molecule has 0 aliphatic carbocycles. The molecule has 0 spiro atoms. The number of halogens is 2. The van der Waals surface area contributed by atoms with Gasteiger partial charge >= 0.3 is 0 Å². The van der Waals surface area contributed by atoms with E-state index >= 15 is 0 Å². The maximum Gasteiger partial charge on any atom is 0.256 e. The lowest BCUT2D eigenvalue weighted by Gasteiger charge is -2.34. The molecule has 0 N–H and O–H groups in total. The first-order valence-corrected chi connectivity index (χ1v) is 6.96. The summed E-state index contributed by atoms with van der Waals surface area (Å²) in [5.41, 5.74) is 0.0661. The first-order chi connectivity index (χ1) is 9.11. The highest BCUT2D eigenvalue weighted by Gasteiger charge is 2.23. The number of rotatable bonds is 3. The van der Waals surface area contributed by atoms with Crippen LogP contribution in [0.1, 0.15) is 23.7 Å². The van der Waals surface area contributed by atoms with Gasteiger partial charge in [-0.05, 0) is 31.2 Å². The fraction of sp³-hybridized carbons (Fsp3) is 0.500. The van der Waals surface area contributed by atoms with Gasteiger partial charge in [-0.2, -0.15) is 0 Å². The van der Waals surface area contributed by atoms with Crippen LogP contribution in [0.2, 0.25) is 5.02 Å². The summed E-state index contributed by atoms with van der Waals surface area (Å²) in [5.74, 6) is -0.776. The molecule has 1 amide bonds. The fourth-order valence-corrected chi connectivity index (χ4v) is 2.49. The molecule has 1 aromatic rings. The SMILES string of the molecule is CCCN1CCN(C(=O)c2cc(Cl)ccc2F)CC1. The molecule has 1 fully saturated rings. The van der Waals surface area contributed by atoms with Gasteiger partial charge in [-0.3, -0.25) is 9.69 Å². The number of hydrogen-bond donors (Lipinski definition) is 0. The van der Waals surface area contributed by atoms with E-state index in [4.69, 9.17) is 11.6 Å². The molecule has 0 atom stereocenters. The van der Waals surface area contributed by atoms with Crippen molar-refractivity contribution < 1.29 is 9.18 Å². The Hall–Kier alpha value is -1.13. The molecule has 1 aliphatic heterocycles. The Morgan fingerprint density at radius 2 is 2.00 bits per heavy atom.